The second-order valence-corrected chi connectivity index (χ2v) is 26.1. The van der Waals surface area contributed by atoms with Gasteiger partial charge in [0.25, 0.3) is 0 Å². The zero-order valence-corrected chi connectivity index (χ0v) is 43.4. The summed E-state index contributed by atoms with van der Waals surface area (Å²) in [4.78, 5) is 32.6. The predicted octanol–water partition coefficient (Wildman–Crippen LogP) is 20.3. The number of thiazole rings is 3. The minimum Gasteiger partial charge on any atom is -0.233 e. The summed E-state index contributed by atoms with van der Waals surface area (Å²) in [7, 11) is 0. The Kier molecular flexibility index (Phi) is 14.2. The van der Waals surface area contributed by atoms with E-state index in [1.165, 1.54) is 169 Å². The molecule has 0 saturated heterocycles. The first-order valence-electron chi connectivity index (χ1n) is 22.7. The van der Waals surface area contributed by atoms with Crippen molar-refractivity contribution >= 4 is 133 Å². The minimum atomic E-state index is 1.04. The molecule has 3 nitrogen and oxygen atoms in total. The van der Waals surface area contributed by atoms with Gasteiger partial charge in [-0.3, -0.25) is 0 Å². The Morgan fingerprint density at radius 2 is 0.556 bits per heavy atom. The quantitative estimate of drug-likeness (QED) is 0.0674. The first-order valence-corrected chi connectivity index (χ1v) is 30.0. The number of fused-ring (bicyclic) bond motifs is 6. The van der Waals surface area contributed by atoms with Gasteiger partial charge in [0.15, 0.2) is 0 Å². The van der Waals surface area contributed by atoms with Crippen molar-refractivity contribution in [2.45, 2.75) is 117 Å². The molecule has 0 aliphatic heterocycles. The van der Waals surface area contributed by atoms with Crippen molar-refractivity contribution in [2.24, 2.45) is 0 Å². The minimum absolute atomic E-state index is 1.04. The molecule has 0 N–H and O–H groups in total. The molecule has 1 aromatic carbocycles. The van der Waals surface area contributed by atoms with Gasteiger partial charge in [0, 0.05) is 43.9 Å². The van der Waals surface area contributed by atoms with Crippen LogP contribution in [-0.4, -0.2) is 15.0 Å². The van der Waals surface area contributed by atoms with E-state index >= 15 is 0 Å². The van der Waals surface area contributed by atoms with E-state index in [1.54, 1.807) is 34.0 Å². The zero-order chi connectivity index (χ0) is 42.7. The summed E-state index contributed by atoms with van der Waals surface area (Å²) >= 11 is 16.9. The predicted molar refractivity (Wildman–Crippen MR) is 289 cm³/mol. The third-order valence-electron chi connectivity index (χ3n) is 11.5. The summed E-state index contributed by atoms with van der Waals surface area (Å²) < 4.78 is 3.51. The first kappa shape index (κ1) is 44.0. The number of unbranched alkanes of at least 4 members (excludes halogenated alkanes) is 9. The summed E-state index contributed by atoms with van der Waals surface area (Å²) in [5.41, 5.74) is 3.12. The fraction of sp³-hybridized carbons (Fsp3) is 0.353. The Bertz CT molecular complexity index is 2650. The van der Waals surface area contributed by atoms with Crippen molar-refractivity contribution in [3.05, 3.63) is 87.4 Å². The highest BCUT2D eigenvalue weighted by molar-refractivity contribution is 7.33. The van der Waals surface area contributed by atoms with Crippen molar-refractivity contribution in [1.29, 1.82) is 0 Å². The fourth-order valence-electron chi connectivity index (χ4n) is 8.09. The number of aromatic nitrogens is 3. The Morgan fingerprint density at radius 3 is 0.857 bits per heavy atom. The molecule has 10 aromatic rings. The van der Waals surface area contributed by atoms with Crippen LogP contribution in [0.3, 0.4) is 0 Å². The number of hydrogen-bond donors (Lipinski definition) is 0. The van der Waals surface area contributed by atoms with Crippen LogP contribution < -0.4 is 0 Å². The molecule has 0 fully saturated rings. The molecule has 0 aliphatic rings. The van der Waals surface area contributed by atoms with Crippen molar-refractivity contribution in [2.75, 3.05) is 0 Å². The molecular formula is C51H51N3S9. The van der Waals surface area contributed by atoms with Gasteiger partial charge in [0.05, 0.1) is 28.7 Å². The van der Waals surface area contributed by atoms with E-state index in [-0.39, 0.29) is 0 Å². The van der Waals surface area contributed by atoms with Crippen LogP contribution in [0.1, 0.15) is 112 Å². The molecule has 10 rings (SSSR count). The topological polar surface area (TPSA) is 38.7 Å². The summed E-state index contributed by atoms with van der Waals surface area (Å²) in [5.74, 6) is 0. The zero-order valence-electron chi connectivity index (χ0n) is 36.1. The number of rotatable bonds is 21. The lowest BCUT2D eigenvalue weighted by atomic mass is 10.1. The number of nitrogens with zero attached hydrogens (tertiary/aromatic N) is 3. The highest BCUT2D eigenvalue weighted by Crippen LogP contribution is 2.50. The van der Waals surface area contributed by atoms with Gasteiger partial charge in [0.2, 0.25) is 0 Å². The van der Waals surface area contributed by atoms with Crippen LogP contribution in [0.25, 0.3) is 89.6 Å². The molecular weight excluding hydrogens is 943 g/mol. The van der Waals surface area contributed by atoms with Crippen molar-refractivity contribution in [1.82, 2.24) is 15.0 Å². The van der Waals surface area contributed by atoms with E-state index in [2.05, 4.69) is 93.6 Å². The van der Waals surface area contributed by atoms with Gasteiger partial charge in [-0.05, 0) is 111 Å². The number of hydrogen-bond acceptors (Lipinski definition) is 12. The summed E-state index contributed by atoms with van der Waals surface area (Å²) in [6, 6.07) is 27.7. The smallest absolute Gasteiger partial charge is 0.134 e. The van der Waals surface area contributed by atoms with E-state index in [0.717, 1.165) is 31.6 Å². The van der Waals surface area contributed by atoms with Gasteiger partial charge in [-0.15, -0.1) is 102 Å². The van der Waals surface area contributed by atoms with Crippen molar-refractivity contribution in [3.8, 4) is 58.9 Å². The Morgan fingerprint density at radius 1 is 0.286 bits per heavy atom. The average molecular weight is 995 g/mol. The van der Waals surface area contributed by atoms with Gasteiger partial charge in [-0.25, -0.2) is 15.0 Å². The maximum atomic E-state index is 5.47. The van der Waals surface area contributed by atoms with Gasteiger partial charge >= 0.3 is 0 Å². The van der Waals surface area contributed by atoms with Crippen LogP contribution in [0, 0.1) is 0 Å². The number of aryl methyl sites for hydroxylation is 3. The Balaban J connectivity index is 0.993. The molecule has 0 unspecified atom stereocenters. The molecule has 0 radical (unpaired) electrons. The third kappa shape index (κ3) is 9.67. The van der Waals surface area contributed by atoms with Gasteiger partial charge in [0.1, 0.15) is 31.6 Å². The second-order valence-electron chi connectivity index (χ2n) is 16.3. The molecule has 0 spiro atoms. The maximum absolute atomic E-state index is 5.47. The first-order chi connectivity index (χ1) is 31.0. The number of benzene rings is 1. The molecule has 0 bridgehead atoms. The SMILES string of the molecule is CCCCCCc1ccc(-c2ccc(-c3nc4c(s3)c3nc(-c5ccc(-c6ccc(CCCCCC)s6)s5)sc3c3nc(-c5ccc(-c6ccc(CCCCCC)s6)s5)sc43)s2)s1. The average Bonchev–Trinajstić information content (AvgIpc) is 4.14. The molecule has 63 heavy (non-hydrogen) atoms. The van der Waals surface area contributed by atoms with Crippen LogP contribution in [0.15, 0.2) is 72.8 Å². The molecule has 12 heteroatoms. The van der Waals surface area contributed by atoms with E-state index in [4.69, 9.17) is 15.0 Å². The van der Waals surface area contributed by atoms with Gasteiger partial charge < -0.3 is 0 Å². The second kappa shape index (κ2) is 20.3. The molecule has 9 aromatic heterocycles. The van der Waals surface area contributed by atoms with Gasteiger partial charge in [-0.2, -0.15) is 0 Å². The molecule has 0 atom stereocenters. The summed E-state index contributed by atoms with van der Waals surface area (Å²) in [6.45, 7) is 6.85. The summed E-state index contributed by atoms with van der Waals surface area (Å²) in [6.07, 6.45) is 19.2. The molecule has 9 heterocycles. The van der Waals surface area contributed by atoms with E-state index < -0.39 is 0 Å². The molecule has 0 aliphatic carbocycles. The van der Waals surface area contributed by atoms with Gasteiger partial charge in [-0.1, -0.05) is 78.6 Å². The van der Waals surface area contributed by atoms with Crippen LogP contribution in [0.4, 0.5) is 0 Å². The summed E-state index contributed by atoms with van der Waals surface area (Å²) in [5, 5.41) is 3.21. The Labute approximate surface area is 407 Å². The highest BCUT2D eigenvalue weighted by Gasteiger charge is 2.24. The molecule has 0 amide bonds. The lowest BCUT2D eigenvalue weighted by molar-refractivity contribution is 0.670. The maximum Gasteiger partial charge on any atom is 0.134 e. The monoisotopic (exact) mass is 993 g/mol. The largest absolute Gasteiger partial charge is 0.233 e. The normalized spacial score (nSPS) is 12.0. The van der Waals surface area contributed by atoms with E-state index in [0.29, 0.717) is 0 Å². The highest BCUT2D eigenvalue weighted by atomic mass is 32.1. The van der Waals surface area contributed by atoms with Crippen molar-refractivity contribution < 1.29 is 0 Å². The van der Waals surface area contributed by atoms with Crippen LogP contribution in [0.2, 0.25) is 0 Å². The third-order valence-corrected chi connectivity index (χ3v) is 22.5. The number of thiophene rings is 6. The van der Waals surface area contributed by atoms with Crippen LogP contribution >= 0.6 is 102 Å². The Hall–Kier alpha value is -2.91. The fourth-order valence-corrected chi connectivity index (χ4v) is 18.1. The van der Waals surface area contributed by atoms with Crippen LogP contribution in [-0.2, 0) is 19.3 Å². The standard InChI is InChI=1S/C51H51N3S9/c1-4-7-10-13-16-31-19-22-34(55-31)37-25-28-40(58-37)49-52-43-46(61-49)44-48(63-50(53-44)41-29-26-38(59-41)35-23-20-32(56-35)17-14-11-8-5-2)45-47(43)62-51(54-45)42-30-27-39(60-42)36-24-21-33(57-36)18-15-12-9-6-3/h19-30H,4-18H2,1-3H3. The van der Waals surface area contributed by atoms with E-state index in [1.807, 2.05) is 68.0 Å². The molecule has 324 valence electrons. The molecule has 0 saturated carbocycles. The lowest BCUT2D eigenvalue weighted by Gasteiger charge is -1.96. The lowest BCUT2D eigenvalue weighted by Crippen LogP contribution is -1.80. The van der Waals surface area contributed by atoms with E-state index in [9.17, 15) is 0 Å². The van der Waals surface area contributed by atoms with Crippen LogP contribution in [0.5, 0.6) is 0 Å². The van der Waals surface area contributed by atoms with Crippen molar-refractivity contribution in [3.63, 3.8) is 0 Å².